The number of nitrogens with zero attached hydrogens (tertiary/aromatic N) is 16. The number of carbonyl (C=O) groups is 3. The Morgan fingerprint density at radius 3 is 1.48 bits per heavy atom. The van der Waals surface area contributed by atoms with E-state index >= 15 is 13.2 Å². The molecule has 6 atom stereocenters. The van der Waals surface area contributed by atoms with Crippen LogP contribution in [-0.4, -0.2) is 231 Å². The van der Waals surface area contributed by atoms with E-state index in [-0.39, 0.29) is 112 Å². The molecule has 0 saturated carbocycles. The average Bonchev–Trinajstić information content (AvgIpc) is 0.728. The lowest BCUT2D eigenvalue weighted by Crippen LogP contribution is -2.56. The van der Waals surface area contributed by atoms with Crippen LogP contribution < -0.4 is 36.5 Å². The highest BCUT2D eigenvalue weighted by molar-refractivity contribution is 7.99. The van der Waals surface area contributed by atoms with E-state index in [4.69, 9.17) is 46.1 Å². The van der Waals surface area contributed by atoms with Crippen LogP contribution in [0.2, 0.25) is 15.1 Å². The Morgan fingerprint density at radius 1 is 0.516 bits per heavy atom. The van der Waals surface area contributed by atoms with E-state index in [0.29, 0.717) is 143 Å². The molecule has 9 aromatic rings. The van der Waals surface area contributed by atoms with Crippen molar-refractivity contribution in [3.63, 3.8) is 0 Å². The third-order valence-electron chi connectivity index (χ3n) is 25.7. The summed E-state index contributed by atoms with van der Waals surface area (Å²) in [5, 5.41) is 2.79. The second kappa shape index (κ2) is 37.1. The molecule has 124 heavy (non-hydrogen) atoms. The third kappa shape index (κ3) is 17.1. The van der Waals surface area contributed by atoms with Crippen molar-refractivity contribution in [3.05, 3.63) is 209 Å². The van der Waals surface area contributed by atoms with Gasteiger partial charge in [-0.05, 0) is 209 Å². The molecular formula is C91H95Cl3F6N16O7S. The van der Waals surface area contributed by atoms with Crippen LogP contribution in [0.15, 0.2) is 130 Å². The molecule has 3 aromatic heterocycles. The Morgan fingerprint density at radius 2 is 0.976 bits per heavy atom. The molecule has 6 fully saturated rings. The highest BCUT2D eigenvalue weighted by atomic mass is 35.5. The zero-order chi connectivity index (χ0) is 87.2. The van der Waals surface area contributed by atoms with Crippen LogP contribution in [0.3, 0.4) is 0 Å². The highest BCUT2D eigenvalue weighted by Gasteiger charge is 2.41. The number of anilines is 3. The molecule has 6 saturated heterocycles. The summed E-state index contributed by atoms with van der Waals surface area (Å²) in [4.78, 5) is 115. The number of rotatable bonds is 21. The first-order chi connectivity index (χ1) is 59.8. The van der Waals surface area contributed by atoms with E-state index in [1.54, 1.807) is 58.4 Å². The maximum absolute atomic E-state index is 15.1. The van der Waals surface area contributed by atoms with Crippen LogP contribution in [-0.2, 0) is 20.8 Å². The van der Waals surface area contributed by atoms with Crippen molar-refractivity contribution >= 4 is 114 Å². The summed E-state index contributed by atoms with van der Waals surface area (Å²) in [5.41, 5.74) is 3.12. The molecule has 9 aliphatic heterocycles. The largest absolute Gasteiger partial charge is 0.488 e. The van der Waals surface area contributed by atoms with E-state index < -0.39 is 46.6 Å². The number of likely N-dealkylation sites (tertiary alicyclic amines) is 3. The van der Waals surface area contributed by atoms with Crippen LogP contribution in [0.1, 0.15) is 95.3 Å². The van der Waals surface area contributed by atoms with Gasteiger partial charge < -0.3 is 53.7 Å². The van der Waals surface area contributed by atoms with Crippen LogP contribution in [0, 0.1) is 41.5 Å². The van der Waals surface area contributed by atoms with Gasteiger partial charge in [0.05, 0.1) is 32.6 Å². The summed E-state index contributed by atoms with van der Waals surface area (Å²) in [6, 6.07) is 14.3. The van der Waals surface area contributed by atoms with Crippen molar-refractivity contribution in [1.29, 1.82) is 0 Å². The lowest BCUT2D eigenvalue weighted by atomic mass is 9.88. The fraction of sp³-hybridized carbons (Fsp3) is 0.429. The Kier molecular flexibility index (Phi) is 26.1. The average molecular weight is 1780 g/mol. The maximum Gasteiger partial charge on any atom is 0.350 e. The van der Waals surface area contributed by atoms with E-state index in [9.17, 15) is 41.9 Å². The minimum Gasteiger partial charge on any atom is -0.488 e. The first-order valence-corrected chi connectivity index (χ1v) is 44.5. The minimum absolute atomic E-state index is 0.0452. The molecule has 3 amide bonds. The summed E-state index contributed by atoms with van der Waals surface area (Å²) in [6.07, 6.45) is 12.9. The molecule has 0 aliphatic carbocycles. The predicted octanol–water partition coefficient (Wildman–Crippen LogP) is 14.7. The number of thioether (sulfide) groups is 1. The summed E-state index contributed by atoms with van der Waals surface area (Å²) in [5.74, 6) is -2.53. The number of halogens is 9. The second-order valence-electron chi connectivity index (χ2n) is 33.2. The Bertz CT molecular complexity index is 6000. The SMILES string of the molecule is C=CC(=O)N1CCN(c2nc(=O)n3c4c(c(-c5ccc(F)cc5F)c(Cl)cc24)CCC3CCN2CCC2)[C@@H](C)C1.C=CC(=O)N1CCN(c2nc(=O)n3c4c(c(-c5ccc(F)cc5F)c(Cl)cc24)SCC3CCCN2CCC2)[C@@H](C)C1.[C-]#[N+]C[C@H]1CN(c2nc(=O)n3c4c(c(-c5ccc(F)cc5F)c(Cl)cc24)OCC3CCCN2CCC2)CCN1C(=O)C=C. The molecule has 0 N–H and O–H groups in total. The second-order valence-corrected chi connectivity index (χ2v) is 35.4. The molecule has 3 unspecified atom stereocenters. The minimum atomic E-state index is -0.800. The number of aryl methyl sites for hydroxylation is 1. The van der Waals surface area contributed by atoms with Gasteiger partial charge in [0.1, 0.15) is 65.0 Å². The summed E-state index contributed by atoms with van der Waals surface area (Å²) < 4.78 is 98.2. The molecule has 6 aromatic carbocycles. The number of benzene rings is 6. The molecule has 0 radical (unpaired) electrons. The summed E-state index contributed by atoms with van der Waals surface area (Å²) >= 11 is 22.1. The molecule has 0 spiro atoms. The van der Waals surface area contributed by atoms with Crippen molar-refractivity contribution in [2.24, 2.45) is 0 Å². The van der Waals surface area contributed by atoms with Gasteiger partial charge in [0, 0.05) is 173 Å². The van der Waals surface area contributed by atoms with Gasteiger partial charge in [0.2, 0.25) is 24.3 Å². The Hall–Kier alpha value is -10.3. The van der Waals surface area contributed by atoms with E-state index in [2.05, 4.69) is 59.1 Å². The molecule has 33 heteroatoms. The highest BCUT2D eigenvalue weighted by Crippen LogP contribution is 2.52. The van der Waals surface area contributed by atoms with E-state index in [0.717, 1.165) is 125 Å². The number of aromatic nitrogens is 6. The van der Waals surface area contributed by atoms with Crippen LogP contribution >= 0.6 is 46.6 Å². The van der Waals surface area contributed by atoms with Gasteiger partial charge in [0.25, 0.3) is 0 Å². The van der Waals surface area contributed by atoms with Crippen LogP contribution in [0.25, 0.3) is 70.9 Å². The summed E-state index contributed by atoms with van der Waals surface area (Å²) in [7, 11) is 0. The zero-order valence-electron chi connectivity index (χ0n) is 69.0. The fourth-order valence-corrected chi connectivity index (χ4v) is 21.4. The monoisotopic (exact) mass is 1770 g/mol. The number of hydrogen-bond donors (Lipinski definition) is 0. The van der Waals surface area contributed by atoms with Crippen molar-refractivity contribution in [2.45, 2.75) is 119 Å². The predicted molar refractivity (Wildman–Crippen MR) is 474 cm³/mol. The topological polar surface area (TPSA) is 199 Å². The molecular weight excluding hydrogens is 1680 g/mol. The number of piperazine rings is 3. The van der Waals surface area contributed by atoms with Gasteiger partial charge in [-0.3, -0.25) is 28.1 Å². The van der Waals surface area contributed by atoms with Crippen molar-refractivity contribution in [1.82, 2.24) is 58.1 Å². The van der Waals surface area contributed by atoms with Gasteiger partial charge in [-0.1, -0.05) is 54.5 Å². The fourth-order valence-electron chi connectivity index (χ4n) is 19.0. The molecule has 650 valence electrons. The van der Waals surface area contributed by atoms with Crippen molar-refractivity contribution in [2.75, 3.05) is 151 Å². The number of hydrogen-bond acceptors (Lipinski definition) is 17. The van der Waals surface area contributed by atoms with Crippen molar-refractivity contribution < 1.29 is 45.5 Å². The van der Waals surface area contributed by atoms with Gasteiger partial charge in [-0.2, -0.15) is 15.0 Å². The Labute approximate surface area is 732 Å². The zero-order valence-corrected chi connectivity index (χ0v) is 72.1. The summed E-state index contributed by atoms with van der Waals surface area (Å²) in [6.45, 7) is 35.6. The Balaban J connectivity index is 0.000000138. The normalized spacial score (nSPS) is 20.6. The molecule has 18 rings (SSSR count). The van der Waals surface area contributed by atoms with Gasteiger partial charge in [-0.25, -0.2) is 47.3 Å². The molecule has 23 nitrogen and oxygen atoms in total. The number of ether oxygens (including phenoxy) is 1. The van der Waals surface area contributed by atoms with Crippen LogP contribution in [0.4, 0.5) is 43.8 Å². The van der Waals surface area contributed by atoms with Crippen LogP contribution in [0.5, 0.6) is 5.75 Å². The third-order valence-corrected chi connectivity index (χ3v) is 27.8. The smallest absolute Gasteiger partial charge is 0.350 e. The molecule has 0 bridgehead atoms. The number of carbonyl (C=O) groups excluding carboxylic acids is 3. The van der Waals surface area contributed by atoms with Crippen molar-refractivity contribution in [3.8, 4) is 39.1 Å². The lowest BCUT2D eigenvalue weighted by Gasteiger charge is -2.41. The van der Waals surface area contributed by atoms with Gasteiger partial charge >= 0.3 is 17.1 Å². The number of amides is 3. The lowest BCUT2D eigenvalue weighted by molar-refractivity contribution is -0.128. The van der Waals surface area contributed by atoms with E-state index in [1.165, 1.54) is 67.8 Å². The van der Waals surface area contributed by atoms with E-state index in [1.807, 2.05) is 23.6 Å². The van der Waals surface area contributed by atoms with Gasteiger partial charge in [-0.15, -0.1) is 11.8 Å². The first kappa shape index (κ1) is 87.2. The molecule has 12 heterocycles. The first-order valence-electron chi connectivity index (χ1n) is 42.3. The maximum atomic E-state index is 15.1. The standard InChI is InChI=1S/C31H31ClF2N6O3.C30H32ClF2N5O2S.C30H32ClF2N5O2/c1-3-26(41)39-13-12-38(17-21(39)16-35-2)30-23-15-24(32)27(22-8-7-19(33)14-25(22)34)29-28(23)40(31(42)36-30)20(18-43-29)6-4-9-37-10-5-11-37;1-3-25(39)36-12-13-37(18(2)16-36)29-22-15-23(31)26(21-8-7-19(32)14-24(21)33)28-27(22)38(30(40)34-29)20(17-41-28)6-4-9-35-10-5-11-35;1-3-26(39)36-13-14-37(18(2)17-36)29-23-16-24(31)27(21-7-5-19(32)15-25(21)33)22-8-6-20(9-12-35-10-4-11-35)38(28(22)23)30(40)34-29/h3,7-8,14-15,20-21H,1,4-6,9-13,16-18H2;3,7-8,14-15,18,20H,1,4-6,9-13,16-17H2,2H3;3,5,7,15-16,18,20H,1,4,6,8-14,17H2,2H3/t20?,21-;2*18-,20?/m000/s1. The van der Waals surface area contributed by atoms with Gasteiger partial charge in [0.15, 0.2) is 5.75 Å². The molecule has 9 aliphatic rings. The quantitative estimate of drug-likeness (QED) is 0.0373.